The van der Waals surface area contributed by atoms with Crippen molar-refractivity contribution in [3.63, 3.8) is 0 Å². The van der Waals surface area contributed by atoms with Crippen molar-refractivity contribution >= 4 is 5.91 Å². The first kappa shape index (κ1) is 19.8. The second kappa shape index (κ2) is 9.25. The molecule has 0 aliphatic carbocycles. The van der Waals surface area contributed by atoms with Crippen molar-refractivity contribution in [3.8, 4) is 11.5 Å². The van der Waals surface area contributed by atoms with E-state index in [1.807, 2.05) is 46.1 Å². The molecule has 0 bridgehead atoms. The molecule has 140 valence electrons. The molecular weight excluding hydrogens is 328 g/mol. The van der Waals surface area contributed by atoms with Gasteiger partial charge in [-0.3, -0.25) is 4.79 Å². The van der Waals surface area contributed by atoms with Gasteiger partial charge in [0.25, 0.3) is 5.91 Å². The molecule has 0 heterocycles. The maximum Gasteiger partial charge on any atom is 0.251 e. The predicted octanol–water partition coefficient (Wildman–Crippen LogP) is 3.52. The zero-order valence-electron chi connectivity index (χ0n) is 16.2. The molecule has 2 aromatic rings. The molecule has 0 spiro atoms. The Morgan fingerprint density at radius 3 is 2.35 bits per heavy atom. The molecule has 1 amide bonds. The Morgan fingerprint density at radius 1 is 1.08 bits per heavy atom. The predicted molar refractivity (Wildman–Crippen MR) is 104 cm³/mol. The standard InChI is InChI=1S/C21H28N2O3/c1-15(2)26-19-12-11-17(13-20(19)25-5)21(24)22-14-18(23(3)4)16-9-7-6-8-10-16/h6-13,15,18H,14H2,1-5H3,(H,22,24). The van der Waals surface area contributed by atoms with Gasteiger partial charge < -0.3 is 19.7 Å². The average Bonchev–Trinajstić information content (AvgIpc) is 2.62. The number of carbonyl (C=O) groups is 1. The van der Waals surface area contributed by atoms with Gasteiger partial charge >= 0.3 is 0 Å². The van der Waals surface area contributed by atoms with Crippen molar-refractivity contribution in [1.29, 1.82) is 0 Å². The van der Waals surface area contributed by atoms with E-state index < -0.39 is 0 Å². The lowest BCUT2D eigenvalue weighted by Crippen LogP contribution is -2.34. The molecule has 2 rings (SSSR count). The van der Waals surface area contributed by atoms with E-state index in [2.05, 4.69) is 22.3 Å². The number of likely N-dealkylation sites (N-methyl/N-ethyl adjacent to an activating group) is 1. The van der Waals surface area contributed by atoms with Gasteiger partial charge in [-0.15, -0.1) is 0 Å². The highest BCUT2D eigenvalue weighted by molar-refractivity contribution is 5.94. The molecule has 1 atom stereocenters. The van der Waals surface area contributed by atoms with Crippen molar-refractivity contribution in [2.75, 3.05) is 27.7 Å². The fourth-order valence-electron chi connectivity index (χ4n) is 2.73. The van der Waals surface area contributed by atoms with Crippen LogP contribution in [0.4, 0.5) is 0 Å². The van der Waals surface area contributed by atoms with Crippen LogP contribution in [0.3, 0.4) is 0 Å². The van der Waals surface area contributed by atoms with E-state index >= 15 is 0 Å². The third kappa shape index (κ3) is 5.23. The number of rotatable bonds is 8. The molecule has 0 radical (unpaired) electrons. The van der Waals surface area contributed by atoms with E-state index in [1.54, 1.807) is 25.3 Å². The highest BCUT2D eigenvalue weighted by Crippen LogP contribution is 2.29. The summed E-state index contributed by atoms with van der Waals surface area (Å²) < 4.78 is 11.1. The van der Waals surface area contributed by atoms with Crippen LogP contribution >= 0.6 is 0 Å². The molecule has 26 heavy (non-hydrogen) atoms. The van der Waals surface area contributed by atoms with E-state index in [0.717, 1.165) is 5.56 Å². The van der Waals surface area contributed by atoms with Gasteiger partial charge in [0.15, 0.2) is 11.5 Å². The van der Waals surface area contributed by atoms with Gasteiger partial charge in [-0.1, -0.05) is 30.3 Å². The summed E-state index contributed by atoms with van der Waals surface area (Å²) in [6.07, 6.45) is 0.0373. The SMILES string of the molecule is COc1cc(C(=O)NCC(c2ccccc2)N(C)C)ccc1OC(C)C. The van der Waals surface area contributed by atoms with Crippen LogP contribution in [-0.4, -0.2) is 44.7 Å². The van der Waals surface area contributed by atoms with Crippen LogP contribution in [0, 0.1) is 0 Å². The molecule has 5 heteroatoms. The largest absolute Gasteiger partial charge is 0.493 e. The summed E-state index contributed by atoms with van der Waals surface area (Å²) in [4.78, 5) is 14.7. The second-order valence-electron chi connectivity index (χ2n) is 6.63. The lowest BCUT2D eigenvalue weighted by molar-refractivity contribution is 0.0941. The van der Waals surface area contributed by atoms with E-state index in [-0.39, 0.29) is 18.1 Å². The second-order valence-corrected chi connectivity index (χ2v) is 6.63. The molecular formula is C21H28N2O3. The van der Waals surface area contributed by atoms with Crippen molar-refractivity contribution in [1.82, 2.24) is 10.2 Å². The summed E-state index contributed by atoms with van der Waals surface area (Å²) in [5.74, 6) is 1.05. The maximum atomic E-state index is 12.6. The minimum absolute atomic E-state index is 0.0373. The van der Waals surface area contributed by atoms with E-state index in [9.17, 15) is 4.79 Å². The van der Waals surface area contributed by atoms with Gasteiger partial charge in [0.2, 0.25) is 0 Å². The van der Waals surface area contributed by atoms with Crippen molar-refractivity contribution in [2.45, 2.75) is 26.0 Å². The zero-order valence-corrected chi connectivity index (χ0v) is 16.2. The number of hydrogen-bond acceptors (Lipinski definition) is 4. The number of benzene rings is 2. The molecule has 1 N–H and O–H groups in total. The fraction of sp³-hybridized carbons (Fsp3) is 0.381. The molecule has 0 aromatic heterocycles. The third-order valence-electron chi connectivity index (χ3n) is 4.05. The number of carbonyl (C=O) groups excluding carboxylic acids is 1. The van der Waals surface area contributed by atoms with Crippen LogP contribution in [0.25, 0.3) is 0 Å². The quantitative estimate of drug-likeness (QED) is 0.786. The van der Waals surface area contributed by atoms with Crippen molar-refractivity contribution < 1.29 is 14.3 Å². The van der Waals surface area contributed by atoms with Crippen LogP contribution < -0.4 is 14.8 Å². The smallest absolute Gasteiger partial charge is 0.251 e. The number of hydrogen-bond donors (Lipinski definition) is 1. The number of nitrogens with zero attached hydrogens (tertiary/aromatic N) is 1. The van der Waals surface area contributed by atoms with Gasteiger partial charge in [-0.05, 0) is 51.7 Å². The summed E-state index contributed by atoms with van der Waals surface area (Å²) >= 11 is 0. The van der Waals surface area contributed by atoms with E-state index in [1.165, 1.54) is 0 Å². The molecule has 0 saturated heterocycles. The highest BCUT2D eigenvalue weighted by atomic mass is 16.5. The van der Waals surface area contributed by atoms with Gasteiger partial charge in [-0.25, -0.2) is 0 Å². The number of amides is 1. The molecule has 0 aliphatic heterocycles. The topological polar surface area (TPSA) is 50.8 Å². The third-order valence-corrected chi connectivity index (χ3v) is 4.05. The normalized spacial score (nSPS) is 12.1. The number of nitrogens with one attached hydrogen (secondary N) is 1. The Balaban J connectivity index is 2.09. The first-order valence-electron chi connectivity index (χ1n) is 8.76. The first-order valence-corrected chi connectivity index (χ1v) is 8.76. The summed E-state index contributed by atoms with van der Waals surface area (Å²) in [6.45, 7) is 4.42. The van der Waals surface area contributed by atoms with Gasteiger partial charge in [-0.2, -0.15) is 0 Å². The molecule has 0 fully saturated rings. The van der Waals surface area contributed by atoms with Gasteiger partial charge in [0.05, 0.1) is 19.3 Å². The fourth-order valence-corrected chi connectivity index (χ4v) is 2.73. The monoisotopic (exact) mass is 356 g/mol. The van der Waals surface area contributed by atoms with Crippen molar-refractivity contribution in [3.05, 3.63) is 59.7 Å². The van der Waals surface area contributed by atoms with E-state index in [4.69, 9.17) is 9.47 Å². The van der Waals surface area contributed by atoms with Crippen LogP contribution in [0.2, 0.25) is 0 Å². The zero-order chi connectivity index (χ0) is 19.1. The first-order chi connectivity index (χ1) is 12.4. The van der Waals surface area contributed by atoms with Crippen LogP contribution in [0.5, 0.6) is 11.5 Å². The summed E-state index contributed by atoms with van der Waals surface area (Å²) in [6, 6.07) is 15.5. The molecule has 0 aliphatic rings. The van der Waals surface area contributed by atoms with E-state index in [0.29, 0.717) is 23.6 Å². The Hall–Kier alpha value is -2.53. The number of ether oxygens (including phenoxy) is 2. The van der Waals surface area contributed by atoms with Gasteiger partial charge in [0, 0.05) is 12.1 Å². The Labute approximate surface area is 155 Å². The highest BCUT2D eigenvalue weighted by Gasteiger charge is 2.17. The molecule has 0 saturated carbocycles. The summed E-state index contributed by atoms with van der Waals surface area (Å²) in [5, 5.41) is 3.01. The average molecular weight is 356 g/mol. The minimum atomic E-state index is -0.137. The maximum absolute atomic E-state index is 12.6. The van der Waals surface area contributed by atoms with Gasteiger partial charge in [0.1, 0.15) is 0 Å². The lowest BCUT2D eigenvalue weighted by atomic mass is 10.1. The molecule has 1 unspecified atom stereocenters. The Kier molecular flexibility index (Phi) is 7.04. The molecule has 2 aromatic carbocycles. The van der Waals surface area contributed by atoms with Crippen LogP contribution in [-0.2, 0) is 0 Å². The minimum Gasteiger partial charge on any atom is -0.493 e. The Bertz CT molecular complexity index is 714. The van der Waals surface area contributed by atoms with Crippen molar-refractivity contribution in [2.24, 2.45) is 0 Å². The van der Waals surface area contributed by atoms with Crippen LogP contribution in [0.1, 0.15) is 35.8 Å². The summed E-state index contributed by atoms with van der Waals surface area (Å²) in [7, 11) is 5.58. The molecule has 5 nitrogen and oxygen atoms in total. The Morgan fingerprint density at radius 2 is 1.77 bits per heavy atom. The van der Waals surface area contributed by atoms with Crippen LogP contribution in [0.15, 0.2) is 48.5 Å². The lowest BCUT2D eigenvalue weighted by Gasteiger charge is -2.25. The summed E-state index contributed by atoms with van der Waals surface area (Å²) in [5.41, 5.74) is 1.71. The number of methoxy groups -OCH3 is 1.